The van der Waals surface area contributed by atoms with Gasteiger partial charge in [0, 0.05) is 0 Å². The van der Waals surface area contributed by atoms with Gasteiger partial charge in [-0.1, -0.05) is 13.8 Å². The van der Waals surface area contributed by atoms with Crippen LogP contribution in [-0.4, -0.2) is 5.60 Å². The molecule has 0 aliphatic heterocycles. The first-order chi connectivity index (χ1) is 3.98. The Morgan fingerprint density at radius 1 is 1.44 bits per heavy atom. The topological polar surface area (TPSA) is 29.1 Å². The molecule has 0 aliphatic rings. The van der Waals surface area contributed by atoms with Crippen LogP contribution in [0.2, 0.25) is 0 Å². The summed E-state index contributed by atoms with van der Waals surface area (Å²) in [5, 5.41) is 9.99. The molecule has 0 spiro atoms. The molecule has 0 aromatic carbocycles. The van der Waals surface area contributed by atoms with E-state index < -0.39 is 5.60 Å². The highest BCUT2D eigenvalue weighted by Gasteiger charge is 2.20. The van der Waals surface area contributed by atoms with Crippen LogP contribution in [0.15, 0.2) is 0 Å². The lowest BCUT2D eigenvalue weighted by molar-refractivity contribution is -0.367. The van der Waals surface area contributed by atoms with Crippen LogP contribution in [0.3, 0.4) is 0 Å². The SMILES string of the molecule is CC(C)CC(C)(C)O[O]. The molecule has 0 bridgehead atoms. The normalized spacial score (nSPS) is 12.7. The Bertz CT molecular complexity index is 77.0. The van der Waals surface area contributed by atoms with Gasteiger partial charge in [0.1, 0.15) is 5.60 Å². The molecule has 0 saturated carbocycles. The number of rotatable bonds is 3. The summed E-state index contributed by atoms with van der Waals surface area (Å²) in [6.45, 7) is 7.75. The van der Waals surface area contributed by atoms with E-state index in [-0.39, 0.29) is 0 Å². The maximum atomic E-state index is 9.99. The summed E-state index contributed by atoms with van der Waals surface area (Å²) in [5.74, 6) is 0.522. The summed E-state index contributed by atoms with van der Waals surface area (Å²) in [6.07, 6.45) is 0.816. The minimum atomic E-state index is -0.492. The zero-order valence-corrected chi connectivity index (χ0v) is 6.60. The van der Waals surface area contributed by atoms with E-state index in [1.807, 2.05) is 0 Å². The second-order valence-corrected chi connectivity index (χ2v) is 3.44. The Kier molecular flexibility index (Phi) is 3.15. The third-order valence-corrected chi connectivity index (χ3v) is 1.13. The smallest absolute Gasteiger partial charge is 0.101 e. The van der Waals surface area contributed by atoms with Gasteiger partial charge in [0.25, 0.3) is 0 Å². The van der Waals surface area contributed by atoms with Crippen molar-refractivity contribution < 1.29 is 10.1 Å². The highest BCUT2D eigenvalue weighted by atomic mass is 17.1. The van der Waals surface area contributed by atoms with Gasteiger partial charge in [0.15, 0.2) is 0 Å². The Morgan fingerprint density at radius 2 is 1.89 bits per heavy atom. The van der Waals surface area contributed by atoms with Crippen LogP contribution in [0.1, 0.15) is 34.1 Å². The van der Waals surface area contributed by atoms with Crippen molar-refractivity contribution in [3.05, 3.63) is 0 Å². The van der Waals surface area contributed by atoms with Crippen LogP contribution >= 0.6 is 0 Å². The van der Waals surface area contributed by atoms with Gasteiger partial charge < -0.3 is 0 Å². The molecule has 55 valence electrons. The minimum Gasteiger partial charge on any atom is -0.198 e. The molecular weight excluding hydrogens is 116 g/mol. The maximum absolute atomic E-state index is 9.99. The molecule has 0 amide bonds. The molecule has 9 heavy (non-hydrogen) atoms. The highest BCUT2D eigenvalue weighted by Crippen LogP contribution is 2.18. The van der Waals surface area contributed by atoms with Gasteiger partial charge >= 0.3 is 0 Å². The zero-order valence-electron chi connectivity index (χ0n) is 6.60. The standard InChI is InChI=1S/C7H15O2/c1-6(2)5-7(3,4)9-8/h6H,5H2,1-4H3. The predicted octanol–water partition coefficient (Wildman–Crippen LogP) is 2.17. The van der Waals surface area contributed by atoms with Crippen molar-refractivity contribution in [2.24, 2.45) is 5.92 Å². The predicted molar refractivity (Wildman–Crippen MR) is 35.3 cm³/mol. The van der Waals surface area contributed by atoms with E-state index in [1.54, 1.807) is 13.8 Å². The van der Waals surface area contributed by atoms with Crippen LogP contribution in [-0.2, 0) is 10.1 Å². The second kappa shape index (κ2) is 3.18. The fourth-order valence-electron chi connectivity index (χ4n) is 1.02. The third kappa shape index (κ3) is 4.43. The van der Waals surface area contributed by atoms with Gasteiger partial charge in [-0.2, -0.15) is 4.89 Å². The first-order valence-electron chi connectivity index (χ1n) is 3.29. The quantitative estimate of drug-likeness (QED) is 0.426. The van der Waals surface area contributed by atoms with Crippen molar-refractivity contribution in [1.29, 1.82) is 0 Å². The molecule has 1 radical (unpaired) electrons. The van der Waals surface area contributed by atoms with Gasteiger partial charge in [-0.25, -0.2) is 0 Å². The van der Waals surface area contributed by atoms with Crippen LogP contribution in [0.25, 0.3) is 0 Å². The van der Waals surface area contributed by atoms with E-state index in [0.29, 0.717) is 5.92 Å². The lowest BCUT2D eigenvalue weighted by atomic mass is 9.97. The average molecular weight is 131 g/mol. The molecule has 0 rings (SSSR count). The summed E-state index contributed by atoms with van der Waals surface area (Å²) in [6, 6.07) is 0. The molecule has 0 N–H and O–H groups in total. The molecule has 0 unspecified atom stereocenters. The summed E-state index contributed by atoms with van der Waals surface area (Å²) in [5.41, 5.74) is -0.492. The molecule has 2 nitrogen and oxygen atoms in total. The lowest BCUT2D eigenvalue weighted by Gasteiger charge is -2.20. The molecule has 0 heterocycles. The second-order valence-electron chi connectivity index (χ2n) is 3.44. The van der Waals surface area contributed by atoms with E-state index in [4.69, 9.17) is 0 Å². The van der Waals surface area contributed by atoms with Crippen LogP contribution < -0.4 is 0 Å². The van der Waals surface area contributed by atoms with E-state index in [2.05, 4.69) is 18.7 Å². The van der Waals surface area contributed by atoms with Crippen LogP contribution in [0.4, 0.5) is 0 Å². The summed E-state index contributed by atoms with van der Waals surface area (Å²) in [7, 11) is 0. The summed E-state index contributed by atoms with van der Waals surface area (Å²) >= 11 is 0. The van der Waals surface area contributed by atoms with Crippen molar-refractivity contribution in [2.45, 2.75) is 39.7 Å². The van der Waals surface area contributed by atoms with E-state index in [0.717, 1.165) is 6.42 Å². The van der Waals surface area contributed by atoms with Crippen LogP contribution in [0, 0.1) is 5.92 Å². The largest absolute Gasteiger partial charge is 0.198 e. The van der Waals surface area contributed by atoms with Gasteiger partial charge in [0.05, 0.1) is 0 Å². The fourth-order valence-corrected chi connectivity index (χ4v) is 1.02. The van der Waals surface area contributed by atoms with Crippen molar-refractivity contribution in [3.63, 3.8) is 0 Å². The highest BCUT2D eigenvalue weighted by molar-refractivity contribution is 4.67. The number of hydrogen-bond donors (Lipinski definition) is 0. The molecular formula is C7H15O2. The Hall–Kier alpha value is -0.0800. The maximum Gasteiger partial charge on any atom is 0.101 e. The summed E-state index contributed by atoms with van der Waals surface area (Å²) < 4.78 is 0. The molecule has 0 saturated heterocycles. The van der Waals surface area contributed by atoms with Crippen LogP contribution in [0.5, 0.6) is 0 Å². The van der Waals surface area contributed by atoms with E-state index in [9.17, 15) is 5.26 Å². The molecule has 0 aromatic heterocycles. The molecule has 0 aromatic rings. The number of hydrogen-bond acceptors (Lipinski definition) is 1. The van der Waals surface area contributed by atoms with Gasteiger partial charge in [0.2, 0.25) is 0 Å². The third-order valence-electron chi connectivity index (χ3n) is 1.13. The Balaban J connectivity index is 3.58. The molecule has 0 fully saturated rings. The molecule has 0 aliphatic carbocycles. The molecule has 0 atom stereocenters. The van der Waals surface area contributed by atoms with Gasteiger partial charge in [-0.05, 0) is 31.4 Å². The van der Waals surface area contributed by atoms with Gasteiger partial charge in [-0.15, -0.1) is 0 Å². The van der Waals surface area contributed by atoms with Gasteiger partial charge in [-0.3, -0.25) is 0 Å². The molecule has 2 heteroatoms. The van der Waals surface area contributed by atoms with Crippen molar-refractivity contribution in [1.82, 2.24) is 0 Å². The average Bonchev–Trinajstić information content (AvgIpc) is 1.63. The Labute approximate surface area is 56.8 Å². The minimum absolute atomic E-state index is 0.492. The van der Waals surface area contributed by atoms with Crippen molar-refractivity contribution in [2.75, 3.05) is 0 Å². The summed E-state index contributed by atoms with van der Waals surface area (Å²) in [4.78, 5) is 4.00. The fraction of sp³-hybridized carbons (Fsp3) is 1.00. The Morgan fingerprint density at radius 3 is 2.00 bits per heavy atom. The first-order valence-corrected chi connectivity index (χ1v) is 3.29. The zero-order chi connectivity index (χ0) is 7.49. The van der Waals surface area contributed by atoms with E-state index in [1.165, 1.54) is 0 Å². The van der Waals surface area contributed by atoms with Crippen molar-refractivity contribution in [3.8, 4) is 0 Å². The monoisotopic (exact) mass is 131 g/mol. The van der Waals surface area contributed by atoms with E-state index >= 15 is 0 Å². The lowest BCUT2D eigenvalue weighted by Crippen LogP contribution is -2.23. The van der Waals surface area contributed by atoms with Crippen molar-refractivity contribution >= 4 is 0 Å². The first kappa shape index (κ1) is 8.92.